The number of hydrogen-bond donors (Lipinski definition) is 0. The quantitative estimate of drug-likeness (QED) is 0.210. The highest BCUT2D eigenvalue weighted by Gasteiger charge is 2.32. The van der Waals surface area contributed by atoms with Gasteiger partial charge in [-0.15, -0.1) is 0 Å². The number of esters is 2. The average molecular weight is 422 g/mol. The van der Waals surface area contributed by atoms with Crippen molar-refractivity contribution in [3.8, 4) is 0 Å². The summed E-state index contributed by atoms with van der Waals surface area (Å²) in [5.74, 6) is -2.02. The lowest BCUT2D eigenvalue weighted by molar-refractivity contribution is -0.156. The van der Waals surface area contributed by atoms with Gasteiger partial charge in [-0.1, -0.05) is 53.4 Å². The maximum absolute atomic E-state index is 12.3. The molecule has 0 saturated heterocycles. The Morgan fingerprint density at radius 3 is 1.68 bits per heavy atom. The molecule has 0 aromatic heterocycles. The summed E-state index contributed by atoms with van der Waals surface area (Å²) in [6.07, 6.45) is 6.51. The van der Waals surface area contributed by atoms with Crippen LogP contribution in [0.5, 0.6) is 0 Å². The van der Waals surface area contributed by atoms with Crippen LogP contribution in [-0.2, 0) is 29.2 Å². The number of unbranched alkanes of at least 4 members (excludes halogenated alkanes) is 4. The van der Waals surface area contributed by atoms with Crippen molar-refractivity contribution >= 4 is 22.1 Å². The molecule has 28 heavy (non-hydrogen) atoms. The van der Waals surface area contributed by atoms with Crippen molar-refractivity contribution in [1.82, 2.24) is 0 Å². The van der Waals surface area contributed by atoms with E-state index >= 15 is 0 Å². The molecule has 0 N–H and O–H groups in total. The topological polar surface area (TPSA) is 110 Å². The van der Waals surface area contributed by atoms with Crippen LogP contribution in [0.2, 0.25) is 0 Å². The fourth-order valence-electron chi connectivity index (χ4n) is 2.87. The first-order valence-corrected chi connectivity index (χ1v) is 12.0. The summed E-state index contributed by atoms with van der Waals surface area (Å²) in [5, 5.41) is -2.06. The van der Waals surface area contributed by atoms with Crippen LogP contribution in [0.4, 0.5) is 0 Å². The Labute approximate surface area is 170 Å². The normalized spacial score (nSPS) is 14.9. The Hall–Kier alpha value is -1.15. The summed E-state index contributed by atoms with van der Waals surface area (Å²) in [5.41, 5.74) is 0. The van der Waals surface area contributed by atoms with Gasteiger partial charge in [0.05, 0.1) is 6.42 Å². The Bertz CT molecular complexity index is 545. The minimum atomic E-state index is -5.03. The van der Waals surface area contributed by atoms with Crippen molar-refractivity contribution < 1.29 is 32.0 Å². The summed E-state index contributed by atoms with van der Waals surface area (Å²) < 4.78 is 45.1. The van der Waals surface area contributed by atoms with Gasteiger partial charge in [-0.2, -0.15) is 0 Å². The molecule has 0 aromatic rings. The zero-order valence-electron chi connectivity index (χ0n) is 17.8. The highest BCUT2D eigenvalue weighted by Crippen LogP contribution is 2.17. The van der Waals surface area contributed by atoms with E-state index in [-0.39, 0.29) is 6.10 Å². The van der Waals surface area contributed by atoms with Crippen LogP contribution < -0.4 is 0 Å². The highest BCUT2D eigenvalue weighted by atomic mass is 32.2. The number of carbonyl (C=O) groups excluding carboxylic acids is 2. The van der Waals surface area contributed by atoms with E-state index in [0.717, 1.165) is 38.5 Å². The van der Waals surface area contributed by atoms with E-state index in [4.69, 9.17) is 9.47 Å². The maximum atomic E-state index is 12.3. The minimum absolute atomic E-state index is 0.345. The molecule has 7 nitrogen and oxygen atoms in total. The van der Waals surface area contributed by atoms with E-state index in [1.54, 1.807) is 0 Å². The minimum Gasteiger partial charge on any atom is -0.747 e. The van der Waals surface area contributed by atoms with Crippen molar-refractivity contribution in [3.63, 3.8) is 0 Å². The van der Waals surface area contributed by atoms with Gasteiger partial charge in [-0.05, 0) is 38.5 Å². The molecule has 0 heterocycles. The van der Waals surface area contributed by atoms with Crippen LogP contribution in [0.25, 0.3) is 0 Å². The van der Waals surface area contributed by atoms with Crippen molar-refractivity contribution in [1.29, 1.82) is 0 Å². The highest BCUT2D eigenvalue weighted by molar-refractivity contribution is 7.87. The Kier molecular flexibility index (Phi) is 14.2. The SMILES string of the molecule is CCCCCC(CC)OC(=O)CC(C(=O)OC(CC)CCCCC)S(=O)(=O)[O-]. The molecule has 0 amide bonds. The van der Waals surface area contributed by atoms with E-state index < -0.39 is 39.8 Å². The zero-order chi connectivity index (χ0) is 21.6. The lowest BCUT2D eigenvalue weighted by atomic mass is 10.1. The molecule has 0 saturated carbocycles. The standard InChI is InChI=1S/C20H38O7S/c1-5-9-11-13-16(7-3)26-19(21)15-18(28(23,24)25)20(22)27-17(8-4)14-12-10-6-2/h16-18H,5-15H2,1-4H3,(H,23,24,25)/p-1. The maximum Gasteiger partial charge on any atom is 0.324 e. The molecule has 0 spiro atoms. The van der Waals surface area contributed by atoms with Gasteiger partial charge >= 0.3 is 11.9 Å². The van der Waals surface area contributed by atoms with Crippen LogP contribution in [-0.4, -0.2) is 42.4 Å². The molecule has 0 bridgehead atoms. The Morgan fingerprint density at radius 1 is 0.821 bits per heavy atom. The molecule has 0 aliphatic heterocycles. The summed E-state index contributed by atoms with van der Waals surface area (Å²) in [4.78, 5) is 24.4. The van der Waals surface area contributed by atoms with Crippen molar-refractivity contribution in [2.75, 3.05) is 0 Å². The van der Waals surface area contributed by atoms with Crippen LogP contribution in [0.15, 0.2) is 0 Å². The third-order valence-corrected chi connectivity index (χ3v) is 5.77. The van der Waals surface area contributed by atoms with Crippen molar-refractivity contribution in [3.05, 3.63) is 0 Å². The molecule has 166 valence electrons. The van der Waals surface area contributed by atoms with E-state index in [2.05, 4.69) is 6.92 Å². The molecule has 3 unspecified atom stereocenters. The van der Waals surface area contributed by atoms with Crippen molar-refractivity contribution in [2.45, 2.75) is 116 Å². The van der Waals surface area contributed by atoms with E-state index in [1.165, 1.54) is 0 Å². The molecular formula is C20H37O7S-. The van der Waals surface area contributed by atoms with Gasteiger partial charge in [-0.3, -0.25) is 9.59 Å². The predicted molar refractivity (Wildman–Crippen MR) is 107 cm³/mol. The molecule has 0 aliphatic carbocycles. The van der Waals surface area contributed by atoms with Gasteiger partial charge in [0.1, 0.15) is 22.3 Å². The molecule has 8 heteroatoms. The molecule has 3 atom stereocenters. The second kappa shape index (κ2) is 14.8. The third-order valence-electron chi connectivity index (χ3n) is 4.71. The second-order valence-electron chi connectivity index (χ2n) is 7.16. The summed E-state index contributed by atoms with van der Waals surface area (Å²) in [7, 11) is -5.03. The van der Waals surface area contributed by atoms with Gasteiger partial charge in [0.2, 0.25) is 0 Å². The third kappa shape index (κ3) is 11.6. The van der Waals surface area contributed by atoms with Crippen LogP contribution >= 0.6 is 0 Å². The van der Waals surface area contributed by atoms with Gasteiger partial charge in [0.15, 0.2) is 5.25 Å². The van der Waals surface area contributed by atoms with E-state index in [0.29, 0.717) is 25.7 Å². The molecule has 0 aromatic carbocycles. The fraction of sp³-hybridized carbons (Fsp3) is 0.900. The van der Waals surface area contributed by atoms with Gasteiger partial charge < -0.3 is 14.0 Å². The number of ether oxygens (including phenoxy) is 2. The smallest absolute Gasteiger partial charge is 0.324 e. The van der Waals surface area contributed by atoms with Crippen LogP contribution in [0.3, 0.4) is 0 Å². The van der Waals surface area contributed by atoms with Crippen molar-refractivity contribution in [2.24, 2.45) is 0 Å². The van der Waals surface area contributed by atoms with E-state index in [9.17, 15) is 22.6 Å². The second-order valence-corrected chi connectivity index (χ2v) is 8.72. The molecule has 0 fully saturated rings. The summed E-state index contributed by atoms with van der Waals surface area (Å²) in [6, 6.07) is 0. The number of carbonyl (C=O) groups is 2. The predicted octanol–water partition coefficient (Wildman–Crippen LogP) is 4.09. The molecular weight excluding hydrogens is 384 g/mol. The first kappa shape index (κ1) is 26.9. The first-order chi connectivity index (χ1) is 13.2. The van der Waals surface area contributed by atoms with Gasteiger partial charge in [-0.25, -0.2) is 8.42 Å². The van der Waals surface area contributed by atoms with Crippen LogP contribution in [0, 0.1) is 0 Å². The van der Waals surface area contributed by atoms with Crippen LogP contribution in [0.1, 0.15) is 98.3 Å². The Balaban J connectivity index is 4.88. The largest absolute Gasteiger partial charge is 0.747 e. The molecule has 0 aliphatic rings. The van der Waals surface area contributed by atoms with Gasteiger partial charge in [0.25, 0.3) is 0 Å². The Morgan fingerprint density at radius 2 is 1.29 bits per heavy atom. The number of hydrogen-bond acceptors (Lipinski definition) is 7. The van der Waals surface area contributed by atoms with Gasteiger partial charge in [0, 0.05) is 0 Å². The molecule has 0 radical (unpaired) electrons. The summed E-state index contributed by atoms with van der Waals surface area (Å²) >= 11 is 0. The molecule has 0 rings (SSSR count). The number of rotatable bonds is 16. The summed E-state index contributed by atoms with van der Waals surface area (Å²) in [6.45, 7) is 7.79. The average Bonchev–Trinajstić information content (AvgIpc) is 2.63. The fourth-order valence-corrected chi connectivity index (χ4v) is 3.50. The van der Waals surface area contributed by atoms with E-state index in [1.807, 2.05) is 20.8 Å². The monoisotopic (exact) mass is 421 g/mol. The lowest BCUT2D eigenvalue weighted by Gasteiger charge is -2.23. The zero-order valence-corrected chi connectivity index (χ0v) is 18.6. The first-order valence-electron chi connectivity index (χ1n) is 10.5. The lowest BCUT2D eigenvalue weighted by Crippen LogP contribution is -2.37.